The molecule has 1 N–H and O–H groups in total. The maximum absolute atomic E-state index is 12.6. The van der Waals surface area contributed by atoms with Crippen LogP contribution in [0.15, 0.2) is 83.8 Å². The molecule has 27 heavy (non-hydrogen) atoms. The van der Waals surface area contributed by atoms with Crippen molar-refractivity contribution in [2.45, 2.75) is 17.6 Å². The third-order valence-corrected chi connectivity index (χ3v) is 5.44. The van der Waals surface area contributed by atoms with Crippen molar-refractivity contribution in [2.75, 3.05) is 0 Å². The molecule has 0 saturated carbocycles. The Bertz CT molecular complexity index is 998. The second-order valence-corrected chi connectivity index (χ2v) is 7.68. The lowest BCUT2D eigenvalue weighted by atomic mass is 10.1. The van der Waals surface area contributed by atoms with Gasteiger partial charge in [-0.2, -0.15) is 13.2 Å². The summed E-state index contributed by atoms with van der Waals surface area (Å²) in [5.74, 6) is 0. The van der Waals surface area contributed by atoms with Crippen LogP contribution in [-0.2, 0) is 22.7 Å². The van der Waals surface area contributed by atoms with Gasteiger partial charge >= 0.3 is 6.18 Å². The van der Waals surface area contributed by atoms with Gasteiger partial charge in [-0.15, -0.1) is 0 Å². The smallest absolute Gasteiger partial charge is 0.207 e. The number of benzene rings is 3. The highest BCUT2D eigenvalue weighted by Gasteiger charge is 2.29. The van der Waals surface area contributed by atoms with Crippen LogP contribution in [0.4, 0.5) is 13.2 Å². The number of sulfonamides is 1. The SMILES string of the molecule is O=S(=O)(NCc1ccc(C(F)(F)F)cc1)c1ccc(-c2ccccc2)cc1. The first kappa shape index (κ1) is 19.1. The van der Waals surface area contributed by atoms with Crippen molar-refractivity contribution >= 4 is 10.0 Å². The average molecular weight is 391 g/mol. The maximum Gasteiger partial charge on any atom is 0.416 e. The Labute approximate surface area is 155 Å². The number of nitrogens with one attached hydrogen (secondary N) is 1. The molecule has 0 aliphatic heterocycles. The van der Waals surface area contributed by atoms with Crippen LogP contribution in [0.3, 0.4) is 0 Å². The van der Waals surface area contributed by atoms with Crippen molar-refractivity contribution < 1.29 is 21.6 Å². The normalized spacial score (nSPS) is 12.1. The Balaban J connectivity index is 1.70. The molecule has 0 saturated heterocycles. The molecule has 0 amide bonds. The first-order valence-corrected chi connectivity index (χ1v) is 9.55. The van der Waals surface area contributed by atoms with Crippen molar-refractivity contribution in [3.63, 3.8) is 0 Å². The Kier molecular flexibility index (Phi) is 5.34. The van der Waals surface area contributed by atoms with Gasteiger partial charge in [-0.1, -0.05) is 54.6 Å². The zero-order valence-corrected chi connectivity index (χ0v) is 14.9. The maximum atomic E-state index is 12.6. The van der Waals surface area contributed by atoms with E-state index in [9.17, 15) is 21.6 Å². The van der Waals surface area contributed by atoms with Gasteiger partial charge in [0, 0.05) is 6.54 Å². The van der Waals surface area contributed by atoms with Crippen molar-refractivity contribution in [2.24, 2.45) is 0 Å². The predicted octanol–water partition coefficient (Wildman–Crippen LogP) is 4.85. The summed E-state index contributed by atoms with van der Waals surface area (Å²) in [5, 5.41) is 0. The van der Waals surface area contributed by atoms with E-state index in [1.807, 2.05) is 30.3 Å². The highest BCUT2D eigenvalue weighted by atomic mass is 32.2. The van der Waals surface area contributed by atoms with Gasteiger partial charge in [0.15, 0.2) is 0 Å². The van der Waals surface area contributed by atoms with Crippen molar-refractivity contribution in [3.8, 4) is 11.1 Å². The molecule has 140 valence electrons. The largest absolute Gasteiger partial charge is 0.416 e. The van der Waals surface area contributed by atoms with Crippen LogP contribution in [0.1, 0.15) is 11.1 Å². The molecule has 3 aromatic carbocycles. The molecule has 0 fully saturated rings. The Morgan fingerprint density at radius 1 is 0.741 bits per heavy atom. The molecule has 0 spiro atoms. The van der Waals surface area contributed by atoms with E-state index in [-0.39, 0.29) is 11.4 Å². The predicted molar refractivity (Wildman–Crippen MR) is 97.3 cm³/mol. The molecular weight excluding hydrogens is 375 g/mol. The van der Waals surface area contributed by atoms with Crippen LogP contribution in [-0.4, -0.2) is 8.42 Å². The first-order valence-electron chi connectivity index (χ1n) is 8.07. The summed E-state index contributed by atoms with van der Waals surface area (Å²) in [4.78, 5) is 0.0918. The fourth-order valence-corrected chi connectivity index (χ4v) is 3.55. The third kappa shape index (κ3) is 4.75. The van der Waals surface area contributed by atoms with Crippen molar-refractivity contribution in [1.82, 2.24) is 4.72 Å². The number of hydrogen-bond donors (Lipinski definition) is 1. The topological polar surface area (TPSA) is 46.2 Å². The summed E-state index contributed by atoms with van der Waals surface area (Å²) in [5.41, 5.74) is 1.52. The lowest BCUT2D eigenvalue weighted by Crippen LogP contribution is -2.23. The number of hydrogen-bond acceptors (Lipinski definition) is 2. The monoisotopic (exact) mass is 391 g/mol. The van der Waals surface area contributed by atoms with Gasteiger partial charge in [0.1, 0.15) is 0 Å². The van der Waals surface area contributed by atoms with Crippen LogP contribution in [0.2, 0.25) is 0 Å². The first-order chi connectivity index (χ1) is 12.8. The van der Waals surface area contributed by atoms with Gasteiger partial charge in [-0.05, 0) is 41.0 Å². The number of halogens is 3. The fraction of sp³-hybridized carbons (Fsp3) is 0.100. The van der Waals surface area contributed by atoms with Crippen molar-refractivity contribution in [3.05, 3.63) is 90.0 Å². The Morgan fingerprint density at radius 2 is 1.30 bits per heavy atom. The summed E-state index contributed by atoms with van der Waals surface area (Å²) < 4.78 is 64.9. The molecule has 0 aliphatic carbocycles. The molecule has 0 heterocycles. The second kappa shape index (κ2) is 7.54. The van der Waals surface area contributed by atoms with E-state index in [4.69, 9.17) is 0 Å². The number of alkyl halides is 3. The lowest BCUT2D eigenvalue weighted by Gasteiger charge is -2.10. The minimum Gasteiger partial charge on any atom is -0.207 e. The summed E-state index contributed by atoms with van der Waals surface area (Å²) in [6.45, 7) is -0.0963. The lowest BCUT2D eigenvalue weighted by molar-refractivity contribution is -0.137. The van der Waals surface area contributed by atoms with Gasteiger partial charge < -0.3 is 0 Å². The highest BCUT2D eigenvalue weighted by Crippen LogP contribution is 2.29. The van der Waals surface area contributed by atoms with Crippen LogP contribution >= 0.6 is 0 Å². The van der Waals surface area contributed by atoms with Crippen LogP contribution < -0.4 is 4.72 Å². The third-order valence-electron chi connectivity index (χ3n) is 4.02. The number of rotatable bonds is 5. The molecule has 3 nitrogen and oxygen atoms in total. The van der Waals surface area contributed by atoms with Gasteiger partial charge in [-0.25, -0.2) is 13.1 Å². The quantitative estimate of drug-likeness (QED) is 0.676. The minimum atomic E-state index is -4.42. The summed E-state index contributed by atoms with van der Waals surface area (Å²) >= 11 is 0. The van der Waals surface area contributed by atoms with Crippen LogP contribution in [0.25, 0.3) is 11.1 Å². The standard InChI is InChI=1S/C20H16F3NO2S/c21-20(22,23)18-10-6-15(7-11-18)14-24-27(25,26)19-12-8-17(9-13-19)16-4-2-1-3-5-16/h1-13,24H,14H2. The van der Waals surface area contributed by atoms with Crippen LogP contribution in [0.5, 0.6) is 0 Å². The second-order valence-electron chi connectivity index (χ2n) is 5.91. The average Bonchev–Trinajstić information content (AvgIpc) is 2.67. The molecule has 3 aromatic rings. The van der Waals surface area contributed by atoms with Crippen LogP contribution in [0, 0.1) is 0 Å². The van der Waals surface area contributed by atoms with E-state index >= 15 is 0 Å². The van der Waals surface area contributed by atoms with Gasteiger partial charge in [0.25, 0.3) is 0 Å². The molecule has 3 rings (SSSR count). The molecule has 0 aliphatic rings. The molecule has 0 unspecified atom stereocenters. The van der Waals surface area contributed by atoms with Gasteiger partial charge in [-0.3, -0.25) is 0 Å². The zero-order valence-electron chi connectivity index (χ0n) is 14.1. The van der Waals surface area contributed by atoms with Crippen molar-refractivity contribution in [1.29, 1.82) is 0 Å². The summed E-state index contributed by atoms with van der Waals surface area (Å²) in [6, 6.07) is 20.3. The van der Waals surface area contributed by atoms with E-state index in [1.54, 1.807) is 12.1 Å². The van der Waals surface area contributed by atoms with E-state index in [0.717, 1.165) is 23.3 Å². The van der Waals surface area contributed by atoms with E-state index in [0.29, 0.717) is 5.56 Å². The minimum absolute atomic E-state index is 0.0918. The van der Waals surface area contributed by atoms with E-state index in [2.05, 4.69) is 4.72 Å². The zero-order chi connectivity index (χ0) is 19.5. The fourth-order valence-electron chi connectivity index (χ4n) is 2.53. The Morgan fingerprint density at radius 3 is 1.85 bits per heavy atom. The summed E-state index contributed by atoms with van der Waals surface area (Å²) in [6.07, 6.45) is -4.42. The highest BCUT2D eigenvalue weighted by molar-refractivity contribution is 7.89. The molecule has 0 bridgehead atoms. The molecule has 0 atom stereocenters. The Hall–Kier alpha value is -2.64. The van der Waals surface area contributed by atoms with E-state index in [1.165, 1.54) is 24.3 Å². The summed E-state index contributed by atoms with van der Waals surface area (Å²) in [7, 11) is -3.77. The van der Waals surface area contributed by atoms with Gasteiger partial charge in [0.2, 0.25) is 10.0 Å². The molecular formula is C20H16F3NO2S. The molecule has 0 aromatic heterocycles. The van der Waals surface area contributed by atoms with Gasteiger partial charge in [0.05, 0.1) is 10.5 Å². The molecule has 7 heteroatoms. The molecule has 0 radical (unpaired) electrons. The van der Waals surface area contributed by atoms with E-state index < -0.39 is 21.8 Å².